The van der Waals surface area contributed by atoms with Crippen LogP contribution >= 0.6 is 0 Å². The van der Waals surface area contributed by atoms with E-state index in [9.17, 15) is 4.79 Å². The molecule has 0 saturated carbocycles. The van der Waals surface area contributed by atoms with Gasteiger partial charge in [0.25, 0.3) is 5.91 Å². The molecule has 2 aromatic heterocycles. The Morgan fingerprint density at radius 3 is 2.73 bits per heavy atom. The lowest BCUT2D eigenvalue weighted by atomic mass is 10.0. The molecule has 6 heteroatoms. The van der Waals surface area contributed by atoms with Crippen LogP contribution in [0, 0.1) is 20.8 Å². The minimum atomic E-state index is -0.0179. The summed E-state index contributed by atoms with van der Waals surface area (Å²) in [6, 6.07) is 1.78. The van der Waals surface area contributed by atoms with E-state index in [2.05, 4.69) is 22.0 Å². The summed E-state index contributed by atoms with van der Waals surface area (Å²) in [5.74, 6) is 0.603. The van der Waals surface area contributed by atoms with E-state index >= 15 is 0 Å². The van der Waals surface area contributed by atoms with Crippen LogP contribution in [0.5, 0.6) is 0 Å². The third kappa shape index (κ3) is 2.38. The van der Waals surface area contributed by atoms with Gasteiger partial charge < -0.3 is 4.90 Å². The lowest BCUT2D eigenvalue weighted by Crippen LogP contribution is -2.31. The summed E-state index contributed by atoms with van der Waals surface area (Å²) in [6.45, 7) is 6.64. The van der Waals surface area contributed by atoms with Crippen molar-refractivity contribution in [3.8, 4) is 0 Å². The van der Waals surface area contributed by atoms with E-state index in [-0.39, 0.29) is 11.9 Å². The van der Waals surface area contributed by atoms with Crippen molar-refractivity contribution in [3.63, 3.8) is 0 Å². The second-order valence-corrected chi connectivity index (χ2v) is 5.85. The van der Waals surface area contributed by atoms with Crippen molar-refractivity contribution in [3.05, 3.63) is 40.7 Å². The zero-order chi connectivity index (χ0) is 15.9. The predicted molar refractivity (Wildman–Crippen MR) is 82.5 cm³/mol. The highest BCUT2D eigenvalue weighted by molar-refractivity contribution is 5.92. The molecule has 1 atom stereocenters. The van der Waals surface area contributed by atoms with Gasteiger partial charge in [-0.25, -0.2) is 9.97 Å². The standard InChI is InChI=1S/C16H21N5O/c1-10-15(11(2)20(4)19-10)14-6-5-9-21(14)16(22)13-7-8-17-12(3)18-13/h7-8,14H,5-6,9H2,1-4H3. The van der Waals surface area contributed by atoms with Crippen molar-refractivity contribution >= 4 is 5.91 Å². The van der Waals surface area contributed by atoms with Crippen LogP contribution < -0.4 is 0 Å². The number of hydrogen-bond donors (Lipinski definition) is 0. The van der Waals surface area contributed by atoms with E-state index in [1.807, 2.05) is 23.6 Å². The highest BCUT2D eigenvalue weighted by atomic mass is 16.2. The molecule has 0 spiro atoms. The number of hydrogen-bond acceptors (Lipinski definition) is 4. The van der Waals surface area contributed by atoms with Gasteiger partial charge >= 0.3 is 0 Å². The Labute approximate surface area is 130 Å². The quantitative estimate of drug-likeness (QED) is 0.852. The van der Waals surface area contributed by atoms with Crippen LogP contribution in [-0.4, -0.2) is 37.1 Å². The van der Waals surface area contributed by atoms with Gasteiger partial charge in [-0.05, 0) is 39.7 Å². The molecule has 2 aromatic rings. The number of aromatic nitrogens is 4. The second kappa shape index (κ2) is 5.51. The number of carbonyl (C=O) groups excluding carboxylic acids is 1. The highest BCUT2D eigenvalue weighted by Gasteiger charge is 2.34. The van der Waals surface area contributed by atoms with Crippen molar-refractivity contribution in [1.29, 1.82) is 0 Å². The normalized spacial score (nSPS) is 18.0. The van der Waals surface area contributed by atoms with Gasteiger partial charge in [-0.3, -0.25) is 9.48 Å². The molecule has 1 aliphatic rings. The van der Waals surface area contributed by atoms with Crippen LogP contribution in [0.25, 0.3) is 0 Å². The SMILES string of the molecule is Cc1nccc(C(=O)N2CCCC2c2c(C)nn(C)c2C)n1. The maximum absolute atomic E-state index is 12.8. The van der Waals surface area contributed by atoms with Gasteiger partial charge in [0, 0.05) is 31.0 Å². The molecule has 1 amide bonds. The lowest BCUT2D eigenvalue weighted by Gasteiger charge is -2.25. The lowest BCUT2D eigenvalue weighted by molar-refractivity contribution is 0.0728. The molecular weight excluding hydrogens is 278 g/mol. The molecule has 0 N–H and O–H groups in total. The number of carbonyl (C=O) groups is 1. The Kier molecular flexibility index (Phi) is 3.68. The van der Waals surface area contributed by atoms with Crippen LogP contribution in [0.15, 0.2) is 12.3 Å². The summed E-state index contributed by atoms with van der Waals surface area (Å²) in [4.78, 5) is 23.1. The Morgan fingerprint density at radius 2 is 2.09 bits per heavy atom. The molecule has 6 nitrogen and oxygen atoms in total. The molecule has 0 aromatic carbocycles. The van der Waals surface area contributed by atoms with E-state index < -0.39 is 0 Å². The van der Waals surface area contributed by atoms with Crippen LogP contribution in [0.3, 0.4) is 0 Å². The molecular formula is C16H21N5O. The van der Waals surface area contributed by atoms with Gasteiger partial charge in [-0.2, -0.15) is 5.10 Å². The van der Waals surface area contributed by atoms with Crippen LogP contribution in [0.4, 0.5) is 0 Å². The first-order chi connectivity index (χ1) is 10.5. The van der Waals surface area contributed by atoms with E-state index in [1.165, 1.54) is 5.56 Å². The second-order valence-electron chi connectivity index (χ2n) is 5.85. The topological polar surface area (TPSA) is 63.9 Å². The zero-order valence-corrected chi connectivity index (χ0v) is 13.5. The Morgan fingerprint density at radius 1 is 1.32 bits per heavy atom. The number of aryl methyl sites for hydroxylation is 3. The molecule has 1 saturated heterocycles. The molecule has 1 fully saturated rings. The summed E-state index contributed by atoms with van der Waals surface area (Å²) in [5.41, 5.74) is 3.78. The number of nitrogens with zero attached hydrogens (tertiary/aromatic N) is 5. The predicted octanol–water partition coefficient (Wildman–Crippen LogP) is 2.11. The van der Waals surface area contributed by atoms with E-state index in [0.29, 0.717) is 11.5 Å². The molecule has 3 heterocycles. The van der Waals surface area contributed by atoms with Crippen LogP contribution in [-0.2, 0) is 7.05 Å². The molecule has 116 valence electrons. The first-order valence-electron chi connectivity index (χ1n) is 7.59. The summed E-state index contributed by atoms with van der Waals surface area (Å²) in [5, 5.41) is 4.49. The summed E-state index contributed by atoms with van der Waals surface area (Å²) >= 11 is 0. The summed E-state index contributed by atoms with van der Waals surface area (Å²) < 4.78 is 1.89. The maximum Gasteiger partial charge on any atom is 0.273 e. The first-order valence-corrected chi connectivity index (χ1v) is 7.59. The molecule has 0 radical (unpaired) electrons. The van der Waals surface area contributed by atoms with Gasteiger partial charge in [0.15, 0.2) is 0 Å². The third-order valence-corrected chi connectivity index (χ3v) is 4.41. The van der Waals surface area contributed by atoms with Crippen molar-refractivity contribution in [1.82, 2.24) is 24.6 Å². The average Bonchev–Trinajstić information content (AvgIpc) is 3.04. The average molecular weight is 299 g/mol. The Hall–Kier alpha value is -2.24. The monoisotopic (exact) mass is 299 g/mol. The summed E-state index contributed by atoms with van der Waals surface area (Å²) in [6.07, 6.45) is 3.62. The molecule has 0 aliphatic carbocycles. The van der Waals surface area contributed by atoms with Gasteiger partial charge in [0.05, 0.1) is 11.7 Å². The number of likely N-dealkylation sites (tertiary alicyclic amines) is 1. The zero-order valence-electron chi connectivity index (χ0n) is 13.5. The van der Waals surface area contributed by atoms with E-state index in [4.69, 9.17) is 0 Å². The van der Waals surface area contributed by atoms with Crippen LogP contribution in [0.1, 0.15) is 52.1 Å². The van der Waals surface area contributed by atoms with E-state index in [1.54, 1.807) is 19.2 Å². The fraction of sp³-hybridized carbons (Fsp3) is 0.500. The van der Waals surface area contributed by atoms with Crippen LogP contribution in [0.2, 0.25) is 0 Å². The smallest absolute Gasteiger partial charge is 0.273 e. The fourth-order valence-electron chi connectivity index (χ4n) is 3.30. The highest BCUT2D eigenvalue weighted by Crippen LogP contribution is 2.36. The molecule has 1 aliphatic heterocycles. The van der Waals surface area contributed by atoms with Gasteiger partial charge in [-0.1, -0.05) is 0 Å². The van der Waals surface area contributed by atoms with E-state index in [0.717, 1.165) is 30.8 Å². The molecule has 0 bridgehead atoms. The van der Waals surface area contributed by atoms with Gasteiger partial charge in [0.1, 0.15) is 11.5 Å². The Balaban J connectivity index is 1.95. The fourth-order valence-corrected chi connectivity index (χ4v) is 3.30. The van der Waals surface area contributed by atoms with Crippen molar-refractivity contribution in [2.24, 2.45) is 7.05 Å². The first kappa shape index (κ1) is 14.7. The van der Waals surface area contributed by atoms with Crippen molar-refractivity contribution in [2.45, 2.75) is 39.7 Å². The van der Waals surface area contributed by atoms with Crippen molar-refractivity contribution in [2.75, 3.05) is 6.54 Å². The van der Waals surface area contributed by atoms with Crippen molar-refractivity contribution < 1.29 is 4.79 Å². The molecule has 1 unspecified atom stereocenters. The number of rotatable bonds is 2. The van der Waals surface area contributed by atoms with Gasteiger partial charge in [0.2, 0.25) is 0 Å². The molecule has 3 rings (SSSR count). The van der Waals surface area contributed by atoms with Gasteiger partial charge in [-0.15, -0.1) is 0 Å². The Bertz CT molecular complexity index is 721. The minimum absolute atomic E-state index is 0.0179. The largest absolute Gasteiger partial charge is 0.330 e. The maximum atomic E-state index is 12.8. The molecule has 22 heavy (non-hydrogen) atoms. The summed E-state index contributed by atoms with van der Waals surface area (Å²) in [7, 11) is 1.95. The number of amides is 1. The third-order valence-electron chi connectivity index (χ3n) is 4.41. The minimum Gasteiger partial charge on any atom is -0.330 e.